The van der Waals surface area contributed by atoms with E-state index in [4.69, 9.17) is 49.4 Å². The molecule has 13 heteroatoms. The first kappa shape index (κ1) is 24.8. The summed E-state index contributed by atoms with van der Waals surface area (Å²) in [4.78, 5) is 4.18. The van der Waals surface area contributed by atoms with Gasteiger partial charge in [0.1, 0.15) is 27.6 Å². The van der Waals surface area contributed by atoms with Crippen molar-refractivity contribution in [2.75, 3.05) is 5.73 Å². The van der Waals surface area contributed by atoms with Crippen molar-refractivity contribution in [3.63, 3.8) is 0 Å². The Kier molecular flexibility index (Phi) is 6.60. The number of nitrogens with one attached hydrogen (secondary N) is 1. The lowest BCUT2D eigenvalue weighted by atomic mass is 9.72. The van der Waals surface area contributed by atoms with Crippen LogP contribution in [-0.2, 0) is 0 Å². The number of halogens is 3. The van der Waals surface area contributed by atoms with Gasteiger partial charge in [-0.05, 0) is 25.1 Å². The Balaban J connectivity index is 1.59. The van der Waals surface area contributed by atoms with Gasteiger partial charge in [0.2, 0.25) is 0 Å². The van der Waals surface area contributed by atoms with Crippen LogP contribution in [0.1, 0.15) is 37.5 Å². The smallest absolute Gasteiger partial charge is 0.166 e. The van der Waals surface area contributed by atoms with Crippen LogP contribution in [0.4, 0.5) is 10.2 Å². The Bertz CT molecular complexity index is 1210. The molecule has 5 N–H and O–H groups in total. The molecule has 3 atom stereocenters. The van der Waals surface area contributed by atoms with Crippen LogP contribution in [0, 0.1) is 5.82 Å². The number of benzene rings is 1. The van der Waals surface area contributed by atoms with Gasteiger partial charge in [-0.2, -0.15) is 5.10 Å². The molecule has 34 heavy (non-hydrogen) atoms. The molecule has 2 aromatic heterocycles. The van der Waals surface area contributed by atoms with E-state index in [2.05, 4.69) is 15.4 Å². The van der Waals surface area contributed by atoms with Gasteiger partial charge in [0.05, 0.1) is 28.5 Å². The van der Waals surface area contributed by atoms with Crippen molar-refractivity contribution in [3.8, 4) is 16.9 Å². The number of aliphatic hydroxyl groups is 2. The minimum Gasteiger partial charge on any atom is -0.482 e. The topological polar surface area (TPSA) is 118 Å². The number of nitrogens with zero attached hydrogens (tertiary/aromatic N) is 3. The highest BCUT2D eigenvalue weighted by atomic mass is 35.5. The highest BCUT2D eigenvalue weighted by Crippen LogP contribution is 2.37. The fourth-order valence-electron chi connectivity index (χ4n) is 4.01. The van der Waals surface area contributed by atoms with Crippen LogP contribution in [0.5, 0.6) is 5.75 Å². The summed E-state index contributed by atoms with van der Waals surface area (Å²) in [5.41, 5.74) is 3.84. The predicted molar refractivity (Wildman–Crippen MR) is 128 cm³/mol. The number of anilines is 1. The quantitative estimate of drug-likeness (QED) is 0.313. The van der Waals surface area contributed by atoms with Gasteiger partial charge < -0.3 is 20.7 Å². The molecule has 174 valence electrons. The van der Waals surface area contributed by atoms with Crippen LogP contribution in [0.2, 0.25) is 10.0 Å². The molecule has 4 rings (SSSR count). The van der Waals surface area contributed by atoms with E-state index in [0.717, 1.165) is 0 Å². The number of hydrogen-bond donors (Lipinski definition) is 4. The number of nitrogen functional groups attached to an aromatic ring is 1. The SMILES string of the molecule is [B]C1(O)CC(n2cc(-c3cnc(N)c(OC(C)c4c(Cl)ccc(F)c4Cl)c3)cn2)CC([B])(O)N1. The molecule has 1 aliphatic rings. The average Bonchev–Trinajstić information content (AvgIpc) is 3.21. The molecule has 3 aromatic rings. The molecule has 3 heterocycles. The minimum absolute atomic E-state index is 0.0641. The zero-order valence-corrected chi connectivity index (χ0v) is 19.6. The lowest BCUT2D eigenvalue weighted by Gasteiger charge is -2.45. The Labute approximate surface area is 208 Å². The molecule has 1 saturated heterocycles. The number of rotatable bonds is 5. The predicted octanol–water partition coefficient (Wildman–Crippen LogP) is 2.67. The summed E-state index contributed by atoms with van der Waals surface area (Å²) in [6.45, 7) is 1.66. The van der Waals surface area contributed by atoms with Gasteiger partial charge in [0, 0.05) is 46.9 Å². The van der Waals surface area contributed by atoms with Gasteiger partial charge in [0.15, 0.2) is 11.6 Å². The molecular formula is C21H20B2Cl2FN5O3. The van der Waals surface area contributed by atoms with Crippen LogP contribution in [-0.4, -0.2) is 51.9 Å². The van der Waals surface area contributed by atoms with Crippen molar-refractivity contribution in [3.05, 3.63) is 58.2 Å². The van der Waals surface area contributed by atoms with Gasteiger partial charge in [-0.1, -0.05) is 23.2 Å². The first-order valence-corrected chi connectivity index (χ1v) is 11.0. The molecule has 1 fully saturated rings. The summed E-state index contributed by atoms with van der Waals surface area (Å²) in [6.07, 6.45) is 4.22. The van der Waals surface area contributed by atoms with E-state index >= 15 is 0 Å². The lowest BCUT2D eigenvalue weighted by Crippen LogP contribution is -2.64. The first-order chi connectivity index (χ1) is 15.8. The molecule has 1 aliphatic heterocycles. The average molecular weight is 502 g/mol. The van der Waals surface area contributed by atoms with Crippen molar-refractivity contribution >= 4 is 44.7 Å². The fourth-order valence-corrected chi connectivity index (χ4v) is 4.69. The zero-order chi connectivity index (χ0) is 24.8. The van der Waals surface area contributed by atoms with Gasteiger partial charge in [-0.3, -0.25) is 10.00 Å². The second-order valence-electron chi connectivity index (χ2n) is 8.37. The Morgan fingerprint density at radius 2 is 1.91 bits per heavy atom. The lowest BCUT2D eigenvalue weighted by molar-refractivity contribution is -0.0687. The highest BCUT2D eigenvalue weighted by Gasteiger charge is 2.40. The summed E-state index contributed by atoms with van der Waals surface area (Å²) in [5, 5.41) is 27.1. The van der Waals surface area contributed by atoms with Crippen LogP contribution in [0.25, 0.3) is 11.1 Å². The maximum Gasteiger partial charge on any atom is 0.166 e. The van der Waals surface area contributed by atoms with Gasteiger partial charge in [0.25, 0.3) is 0 Å². The fraction of sp³-hybridized carbons (Fsp3) is 0.333. The molecule has 0 saturated carbocycles. The molecular weight excluding hydrogens is 482 g/mol. The maximum absolute atomic E-state index is 13.9. The van der Waals surface area contributed by atoms with E-state index in [1.807, 2.05) is 0 Å². The van der Waals surface area contributed by atoms with Gasteiger partial charge in [-0.15, -0.1) is 0 Å². The van der Waals surface area contributed by atoms with E-state index in [0.29, 0.717) is 11.1 Å². The molecule has 3 unspecified atom stereocenters. The molecule has 4 radical (unpaired) electrons. The third-order valence-corrected chi connectivity index (χ3v) is 6.22. The first-order valence-electron chi connectivity index (χ1n) is 10.3. The zero-order valence-electron chi connectivity index (χ0n) is 18.0. The van der Waals surface area contributed by atoms with Gasteiger partial charge >= 0.3 is 0 Å². The molecule has 0 amide bonds. The van der Waals surface area contributed by atoms with Crippen molar-refractivity contribution in [2.45, 2.75) is 43.2 Å². The van der Waals surface area contributed by atoms with Crippen molar-refractivity contribution in [2.24, 2.45) is 0 Å². The summed E-state index contributed by atoms with van der Waals surface area (Å²) in [6, 6.07) is 3.75. The van der Waals surface area contributed by atoms with E-state index in [1.165, 1.54) is 18.3 Å². The van der Waals surface area contributed by atoms with Crippen LogP contribution in [0.3, 0.4) is 0 Å². The van der Waals surface area contributed by atoms with Crippen molar-refractivity contribution < 1.29 is 19.3 Å². The van der Waals surface area contributed by atoms with Crippen LogP contribution >= 0.6 is 23.2 Å². The largest absolute Gasteiger partial charge is 0.482 e. The molecule has 0 spiro atoms. The van der Waals surface area contributed by atoms with E-state index in [-0.39, 0.29) is 40.0 Å². The number of nitrogens with two attached hydrogens (primary N) is 1. The Morgan fingerprint density at radius 3 is 2.59 bits per heavy atom. The minimum atomic E-state index is -1.86. The van der Waals surface area contributed by atoms with E-state index < -0.39 is 29.2 Å². The molecule has 8 nitrogen and oxygen atoms in total. The number of aromatic nitrogens is 3. The molecule has 1 aromatic carbocycles. The maximum atomic E-state index is 13.9. The van der Waals surface area contributed by atoms with Crippen molar-refractivity contribution in [1.29, 1.82) is 0 Å². The van der Waals surface area contributed by atoms with E-state index in [9.17, 15) is 14.6 Å². The normalized spacial score (nSPS) is 25.8. The number of piperidine rings is 1. The molecule has 0 aliphatic carbocycles. The van der Waals surface area contributed by atoms with E-state index in [1.54, 1.807) is 30.1 Å². The standard InChI is InChI=1S/C21H20B2Cl2FN5O3/c1-10(17-14(24)2-3-15(26)18(17)25)34-16-4-11(7-28-19(16)27)12-8-29-31(9-12)13-5-20(22,32)30-21(23,33)6-13/h2-4,7-10,13,30,32-33H,5-6H2,1H3,(H2,27,28). The summed E-state index contributed by atoms with van der Waals surface area (Å²) in [5.74, 6) is -0.259. The molecule has 0 bridgehead atoms. The summed E-state index contributed by atoms with van der Waals surface area (Å²) < 4.78 is 21.4. The van der Waals surface area contributed by atoms with Crippen LogP contribution < -0.4 is 15.8 Å². The number of hydrogen-bond acceptors (Lipinski definition) is 7. The highest BCUT2D eigenvalue weighted by molar-refractivity contribution is 6.36. The number of pyridine rings is 1. The second kappa shape index (κ2) is 9.05. The van der Waals surface area contributed by atoms with Gasteiger partial charge in [-0.25, -0.2) is 9.37 Å². The third kappa shape index (κ3) is 5.18. The Morgan fingerprint density at radius 1 is 1.24 bits per heavy atom. The third-order valence-electron chi connectivity index (χ3n) is 5.51. The van der Waals surface area contributed by atoms with Crippen molar-refractivity contribution in [1.82, 2.24) is 20.1 Å². The monoisotopic (exact) mass is 501 g/mol. The Hall–Kier alpha value is -2.30. The second-order valence-corrected chi connectivity index (χ2v) is 9.15. The summed E-state index contributed by atoms with van der Waals surface area (Å²) in [7, 11) is 11.5. The van der Waals surface area contributed by atoms with Crippen LogP contribution in [0.15, 0.2) is 36.8 Å². The summed E-state index contributed by atoms with van der Waals surface area (Å²) >= 11 is 12.3. The number of ether oxygens (including phenoxy) is 1.